The van der Waals surface area contributed by atoms with Crippen molar-refractivity contribution >= 4 is 22.9 Å². The van der Waals surface area contributed by atoms with Crippen LogP contribution in [0.25, 0.3) is 0 Å². The molecule has 2 aromatic rings. The molecule has 0 saturated heterocycles. The summed E-state index contributed by atoms with van der Waals surface area (Å²) in [6.45, 7) is 3.62. The van der Waals surface area contributed by atoms with E-state index in [0.29, 0.717) is 0 Å². The van der Waals surface area contributed by atoms with E-state index in [0.717, 1.165) is 29.5 Å². The van der Waals surface area contributed by atoms with E-state index in [1.165, 1.54) is 4.88 Å². The van der Waals surface area contributed by atoms with E-state index in [1.54, 1.807) is 16.0 Å². The fraction of sp³-hybridized carbons (Fsp3) is 0.364. The number of nitrogens with one attached hydrogen (secondary N) is 1. The fourth-order valence-corrected chi connectivity index (χ4v) is 2.51. The summed E-state index contributed by atoms with van der Waals surface area (Å²) >= 11 is 7.89. The highest BCUT2D eigenvalue weighted by molar-refractivity contribution is 7.09. The number of nitrogens with zero attached hydrogens (tertiary/aromatic N) is 2. The lowest BCUT2D eigenvalue weighted by Gasteiger charge is -2.02. The van der Waals surface area contributed by atoms with Gasteiger partial charge >= 0.3 is 0 Å². The minimum absolute atomic E-state index is 0.719. The van der Waals surface area contributed by atoms with Gasteiger partial charge in [0.05, 0.1) is 5.69 Å². The second-order valence-corrected chi connectivity index (χ2v) is 5.05. The van der Waals surface area contributed by atoms with Gasteiger partial charge in [-0.3, -0.25) is 4.68 Å². The number of aryl methyl sites for hydroxylation is 2. The molecule has 0 unspecified atom stereocenters. The Labute approximate surface area is 104 Å². The summed E-state index contributed by atoms with van der Waals surface area (Å²) in [5.74, 6) is 0. The van der Waals surface area contributed by atoms with Gasteiger partial charge in [0.15, 0.2) is 0 Å². The van der Waals surface area contributed by atoms with Gasteiger partial charge in [-0.15, -0.1) is 11.3 Å². The van der Waals surface area contributed by atoms with Crippen molar-refractivity contribution in [3.63, 3.8) is 0 Å². The lowest BCUT2D eigenvalue weighted by Crippen LogP contribution is -2.12. The highest BCUT2D eigenvalue weighted by Gasteiger charge is 2.10. The van der Waals surface area contributed by atoms with E-state index >= 15 is 0 Å². The molecule has 3 nitrogen and oxygen atoms in total. The molecule has 0 amide bonds. The number of halogens is 1. The molecule has 5 heteroatoms. The largest absolute Gasteiger partial charge is 0.308 e. The summed E-state index contributed by atoms with van der Waals surface area (Å²) in [4.78, 5) is 1.33. The zero-order valence-corrected chi connectivity index (χ0v) is 10.9. The SMILES string of the molecule is Cc1nn(C)c(Cl)c1CNCc1cccs1. The van der Waals surface area contributed by atoms with Crippen LogP contribution in [0.5, 0.6) is 0 Å². The molecule has 0 fully saturated rings. The molecule has 0 aliphatic heterocycles. The lowest BCUT2D eigenvalue weighted by atomic mass is 10.2. The third kappa shape index (κ3) is 2.45. The predicted molar refractivity (Wildman–Crippen MR) is 67.8 cm³/mol. The third-order valence-corrected chi connectivity index (χ3v) is 3.80. The normalized spacial score (nSPS) is 10.9. The maximum Gasteiger partial charge on any atom is 0.131 e. The molecule has 0 aliphatic rings. The van der Waals surface area contributed by atoms with Crippen molar-refractivity contribution < 1.29 is 0 Å². The number of hydrogen-bond acceptors (Lipinski definition) is 3. The van der Waals surface area contributed by atoms with Gasteiger partial charge in [0.1, 0.15) is 5.15 Å². The van der Waals surface area contributed by atoms with Crippen LogP contribution in [-0.4, -0.2) is 9.78 Å². The Morgan fingerprint density at radius 1 is 1.50 bits per heavy atom. The van der Waals surface area contributed by atoms with Gasteiger partial charge < -0.3 is 5.32 Å². The molecule has 0 bridgehead atoms. The van der Waals surface area contributed by atoms with Crippen molar-refractivity contribution in [2.75, 3.05) is 0 Å². The monoisotopic (exact) mass is 255 g/mol. The van der Waals surface area contributed by atoms with Crippen LogP contribution in [0.3, 0.4) is 0 Å². The van der Waals surface area contributed by atoms with Crippen molar-refractivity contribution in [3.8, 4) is 0 Å². The van der Waals surface area contributed by atoms with Crippen molar-refractivity contribution in [2.45, 2.75) is 20.0 Å². The van der Waals surface area contributed by atoms with Crippen LogP contribution < -0.4 is 5.32 Å². The van der Waals surface area contributed by atoms with Gasteiger partial charge in [0.25, 0.3) is 0 Å². The van der Waals surface area contributed by atoms with Gasteiger partial charge in [-0.1, -0.05) is 17.7 Å². The van der Waals surface area contributed by atoms with E-state index < -0.39 is 0 Å². The molecule has 86 valence electrons. The highest BCUT2D eigenvalue weighted by Crippen LogP contribution is 2.18. The Balaban J connectivity index is 1.95. The van der Waals surface area contributed by atoms with E-state index in [4.69, 9.17) is 11.6 Å². The summed E-state index contributed by atoms with van der Waals surface area (Å²) in [6.07, 6.45) is 0. The Morgan fingerprint density at radius 3 is 2.88 bits per heavy atom. The summed E-state index contributed by atoms with van der Waals surface area (Å²) in [5, 5.41) is 10.4. The van der Waals surface area contributed by atoms with Gasteiger partial charge in [-0.05, 0) is 18.4 Å². The van der Waals surface area contributed by atoms with Crippen LogP contribution in [0.15, 0.2) is 17.5 Å². The molecule has 0 aliphatic carbocycles. The first-order chi connectivity index (χ1) is 7.68. The van der Waals surface area contributed by atoms with E-state index in [1.807, 2.05) is 14.0 Å². The zero-order chi connectivity index (χ0) is 11.5. The highest BCUT2D eigenvalue weighted by atomic mass is 35.5. The van der Waals surface area contributed by atoms with Crippen LogP contribution in [-0.2, 0) is 20.1 Å². The minimum atomic E-state index is 0.719. The minimum Gasteiger partial charge on any atom is -0.308 e. The fourth-order valence-electron chi connectivity index (χ4n) is 1.60. The van der Waals surface area contributed by atoms with Gasteiger partial charge in [-0.25, -0.2) is 0 Å². The molecule has 1 N–H and O–H groups in total. The first-order valence-corrected chi connectivity index (χ1v) is 6.35. The summed E-state index contributed by atoms with van der Waals surface area (Å²) in [7, 11) is 1.86. The Hall–Kier alpha value is -0.840. The smallest absolute Gasteiger partial charge is 0.131 e. The third-order valence-electron chi connectivity index (χ3n) is 2.45. The Bertz CT molecular complexity index is 462. The first kappa shape index (κ1) is 11.6. The molecule has 0 saturated carbocycles. The zero-order valence-electron chi connectivity index (χ0n) is 9.33. The molecule has 0 spiro atoms. The van der Waals surface area contributed by atoms with Crippen LogP contribution in [0.4, 0.5) is 0 Å². The second kappa shape index (κ2) is 4.99. The summed E-state index contributed by atoms with van der Waals surface area (Å²) in [6, 6.07) is 4.18. The molecule has 0 radical (unpaired) electrons. The van der Waals surface area contributed by atoms with E-state index in [2.05, 4.69) is 27.9 Å². The van der Waals surface area contributed by atoms with Crippen LogP contribution in [0.2, 0.25) is 5.15 Å². The predicted octanol–water partition coefficient (Wildman–Crippen LogP) is 2.73. The molecule has 2 rings (SSSR count). The summed E-state index contributed by atoms with van der Waals surface area (Å²) < 4.78 is 1.71. The maximum absolute atomic E-state index is 6.14. The number of thiophene rings is 1. The van der Waals surface area contributed by atoms with Gasteiger partial charge in [-0.2, -0.15) is 5.10 Å². The quantitative estimate of drug-likeness (QED) is 0.911. The summed E-state index contributed by atoms with van der Waals surface area (Å²) in [5.41, 5.74) is 2.08. The second-order valence-electron chi connectivity index (χ2n) is 3.66. The maximum atomic E-state index is 6.14. The van der Waals surface area contributed by atoms with Crippen molar-refractivity contribution in [1.82, 2.24) is 15.1 Å². The van der Waals surface area contributed by atoms with Crippen molar-refractivity contribution in [2.24, 2.45) is 7.05 Å². The van der Waals surface area contributed by atoms with Crippen LogP contribution in [0.1, 0.15) is 16.1 Å². The molecule has 2 heterocycles. The molecular weight excluding hydrogens is 242 g/mol. The van der Waals surface area contributed by atoms with Crippen molar-refractivity contribution in [1.29, 1.82) is 0 Å². The molecule has 0 aromatic carbocycles. The standard InChI is InChI=1S/C11H14ClN3S/c1-8-10(11(12)15(2)14-8)7-13-6-9-4-3-5-16-9/h3-5,13H,6-7H2,1-2H3. The molecular formula is C11H14ClN3S. The Morgan fingerprint density at radius 2 is 2.31 bits per heavy atom. The number of aromatic nitrogens is 2. The number of rotatable bonds is 4. The average molecular weight is 256 g/mol. The lowest BCUT2D eigenvalue weighted by molar-refractivity contribution is 0.697. The Kier molecular flexibility index (Phi) is 3.63. The van der Waals surface area contributed by atoms with Gasteiger partial charge in [0, 0.05) is 30.6 Å². The molecule has 16 heavy (non-hydrogen) atoms. The van der Waals surface area contributed by atoms with E-state index in [9.17, 15) is 0 Å². The van der Waals surface area contributed by atoms with Crippen molar-refractivity contribution in [3.05, 3.63) is 38.8 Å². The molecule has 0 atom stereocenters. The average Bonchev–Trinajstić information content (AvgIpc) is 2.82. The number of hydrogen-bond donors (Lipinski definition) is 1. The first-order valence-electron chi connectivity index (χ1n) is 5.09. The molecule has 2 aromatic heterocycles. The van der Waals surface area contributed by atoms with Crippen LogP contribution in [0, 0.1) is 6.92 Å². The van der Waals surface area contributed by atoms with Crippen LogP contribution >= 0.6 is 22.9 Å². The topological polar surface area (TPSA) is 29.9 Å². The van der Waals surface area contributed by atoms with E-state index in [-0.39, 0.29) is 0 Å². The van der Waals surface area contributed by atoms with Gasteiger partial charge in [0.2, 0.25) is 0 Å².